The van der Waals surface area contributed by atoms with Gasteiger partial charge in [-0.1, -0.05) is 11.3 Å². The summed E-state index contributed by atoms with van der Waals surface area (Å²) in [7, 11) is 4.03. The molecule has 0 aliphatic rings. The number of nitrogens with zero attached hydrogens (tertiary/aromatic N) is 4. The molecule has 0 saturated heterocycles. The van der Waals surface area contributed by atoms with Gasteiger partial charge < -0.3 is 10.0 Å². The number of hydrogen-bond donors (Lipinski definition) is 1. The van der Waals surface area contributed by atoms with Gasteiger partial charge in [0, 0.05) is 23.8 Å². The van der Waals surface area contributed by atoms with Crippen LogP contribution in [0.1, 0.15) is 9.67 Å². The third-order valence-corrected chi connectivity index (χ3v) is 6.09. The number of anilines is 1. The Hall–Kier alpha value is -2.10. The van der Waals surface area contributed by atoms with Crippen molar-refractivity contribution in [1.29, 1.82) is 0 Å². The van der Waals surface area contributed by atoms with Gasteiger partial charge in [0.05, 0.1) is 11.2 Å². The number of thiophene rings is 2. The van der Waals surface area contributed by atoms with Gasteiger partial charge in [-0.3, -0.25) is 0 Å². The quantitative estimate of drug-likeness (QED) is 0.638. The van der Waals surface area contributed by atoms with Crippen LogP contribution < -0.4 is 4.90 Å². The Morgan fingerprint density at radius 1 is 1.09 bits per heavy atom. The van der Waals surface area contributed by atoms with E-state index in [1.807, 2.05) is 26.2 Å². The summed E-state index contributed by atoms with van der Waals surface area (Å²) in [5, 5.41) is 19.3. The highest BCUT2D eigenvalue weighted by Crippen LogP contribution is 2.39. The second-order valence-corrected chi connectivity index (χ2v) is 7.82. The Bertz CT molecular complexity index is 863. The summed E-state index contributed by atoms with van der Waals surface area (Å²) >= 11 is 4.25. The predicted molar refractivity (Wildman–Crippen MR) is 95.2 cm³/mol. The molecule has 0 atom stereocenters. The van der Waals surface area contributed by atoms with Gasteiger partial charge in [-0.15, -0.1) is 32.9 Å². The van der Waals surface area contributed by atoms with Crippen LogP contribution in [0.25, 0.3) is 9.75 Å². The molecular formula is C14H12N4O2S3. The summed E-state index contributed by atoms with van der Waals surface area (Å²) in [5.41, 5.74) is 0. The number of aromatic carboxylic acids is 1. The average molecular weight is 364 g/mol. The van der Waals surface area contributed by atoms with E-state index in [9.17, 15) is 4.79 Å². The highest BCUT2D eigenvalue weighted by molar-refractivity contribution is 7.25. The summed E-state index contributed by atoms with van der Waals surface area (Å²) in [6.45, 7) is 0. The highest BCUT2D eigenvalue weighted by Gasteiger charge is 2.09. The molecule has 3 aromatic rings. The zero-order valence-electron chi connectivity index (χ0n) is 12.3. The second kappa shape index (κ2) is 6.57. The zero-order valence-corrected chi connectivity index (χ0v) is 14.7. The van der Waals surface area contributed by atoms with Crippen molar-refractivity contribution in [2.45, 2.75) is 0 Å². The van der Waals surface area contributed by atoms with Crippen molar-refractivity contribution >= 4 is 55.1 Å². The molecule has 0 radical (unpaired) electrons. The molecule has 0 aliphatic carbocycles. The number of hydrogen-bond acceptors (Lipinski definition) is 8. The highest BCUT2D eigenvalue weighted by atomic mass is 32.1. The number of carboxylic acids is 1. The third-order valence-electron chi connectivity index (χ3n) is 2.81. The van der Waals surface area contributed by atoms with Crippen molar-refractivity contribution in [1.82, 2.24) is 4.98 Å². The molecule has 0 unspecified atom stereocenters. The van der Waals surface area contributed by atoms with Crippen LogP contribution >= 0.6 is 34.0 Å². The topological polar surface area (TPSA) is 78.2 Å². The van der Waals surface area contributed by atoms with Gasteiger partial charge in [-0.05, 0) is 24.3 Å². The number of azo groups is 1. The Labute approximate surface area is 144 Å². The van der Waals surface area contributed by atoms with Crippen LogP contribution in [0.3, 0.4) is 0 Å². The number of rotatable bonds is 5. The molecule has 0 bridgehead atoms. The van der Waals surface area contributed by atoms with E-state index in [0.29, 0.717) is 5.13 Å². The van der Waals surface area contributed by atoms with Crippen molar-refractivity contribution in [3.05, 3.63) is 35.3 Å². The maximum Gasteiger partial charge on any atom is 0.347 e. The second-order valence-electron chi connectivity index (χ2n) is 4.68. The van der Waals surface area contributed by atoms with Crippen molar-refractivity contribution in [3.8, 4) is 9.75 Å². The Morgan fingerprint density at radius 2 is 1.83 bits per heavy atom. The smallest absolute Gasteiger partial charge is 0.347 e. The Morgan fingerprint density at radius 3 is 2.48 bits per heavy atom. The summed E-state index contributed by atoms with van der Waals surface area (Å²) in [5.74, 6) is -1.00. The van der Waals surface area contributed by atoms with Crippen LogP contribution in [-0.4, -0.2) is 30.2 Å². The van der Waals surface area contributed by atoms with Crippen LogP contribution in [-0.2, 0) is 0 Å². The first-order valence-electron chi connectivity index (χ1n) is 6.51. The fraction of sp³-hybridized carbons (Fsp3) is 0.143. The van der Waals surface area contributed by atoms with E-state index < -0.39 is 5.97 Å². The number of carbonyl (C=O) groups is 1. The lowest BCUT2D eigenvalue weighted by Crippen LogP contribution is -2.05. The Balaban J connectivity index is 1.75. The molecule has 23 heavy (non-hydrogen) atoms. The molecule has 0 spiro atoms. The molecule has 0 fully saturated rings. The molecule has 0 aromatic carbocycles. The van der Waals surface area contributed by atoms with E-state index in [2.05, 4.69) is 32.2 Å². The first kappa shape index (κ1) is 15.8. The first-order chi connectivity index (χ1) is 11.0. The minimum Gasteiger partial charge on any atom is -0.477 e. The molecule has 1 N–H and O–H groups in total. The van der Waals surface area contributed by atoms with Crippen LogP contribution in [0.4, 0.5) is 15.1 Å². The maximum absolute atomic E-state index is 10.8. The monoisotopic (exact) mass is 364 g/mol. The lowest BCUT2D eigenvalue weighted by atomic mass is 10.4. The first-order valence-corrected chi connectivity index (χ1v) is 8.96. The summed E-state index contributed by atoms with van der Waals surface area (Å²) in [6.07, 6.45) is 1.29. The molecule has 3 heterocycles. The van der Waals surface area contributed by atoms with Crippen molar-refractivity contribution in [2.24, 2.45) is 10.2 Å². The number of aromatic nitrogens is 1. The van der Waals surface area contributed by atoms with Crippen LogP contribution in [0.15, 0.2) is 40.7 Å². The van der Waals surface area contributed by atoms with E-state index in [1.54, 1.807) is 11.3 Å². The SMILES string of the molecule is CN(C)c1ccc(-c2ccc(/N=N/c3ncc(C(=O)O)s3)s2)s1. The molecule has 0 saturated carbocycles. The maximum atomic E-state index is 10.8. The molecule has 9 heteroatoms. The van der Waals surface area contributed by atoms with E-state index >= 15 is 0 Å². The fourth-order valence-corrected chi connectivity index (χ4v) is 4.14. The van der Waals surface area contributed by atoms with E-state index in [1.165, 1.54) is 27.4 Å². The van der Waals surface area contributed by atoms with Gasteiger partial charge in [-0.2, -0.15) is 0 Å². The normalized spacial score (nSPS) is 11.2. The average Bonchev–Trinajstić information content (AvgIpc) is 3.24. The molecule has 6 nitrogen and oxygen atoms in total. The molecule has 3 rings (SSSR count). The minimum absolute atomic E-state index is 0.153. The van der Waals surface area contributed by atoms with Crippen LogP contribution in [0.2, 0.25) is 0 Å². The molecular weight excluding hydrogens is 352 g/mol. The number of thiazole rings is 1. The fourth-order valence-electron chi connectivity index (χ4n) is 1.72. The summed E-state index contributed by atoms with van der Waals surface area (Å²) < 4.78 is 0. The van der Waals surface area contributed by atoms with Crippen molar-refractivity contribution in [2.75, 3.05) is 19.0 Å². The summed E-state index contributed by atoms with van der Waals surface area (Å²) in [6, 6.07) is 8.08. The van der Waals surface area contributed by atoms with Gasteiger partial charge in [-0.25, -0.2) is 9.78 Å². The molecule has 0 aliphatic heterocycles. The van der Waals surface area contributed by atoms with Gasteiger partial charge >= 0.3 is 5.97 Å². The number of carboxylic acid groups (broad SMARTS) is 1. The Kier molecular flexibility index (Phi) is 4.51. The van der Waals surface area contributed by atoms with E-state index in [-0.39, 0.29) is 4.88 Å². The molecule has 0 amide bonds. The van der Waals surface area contributed by atoms with Crippen molar-refractivity contribution in [3.63, 3.8) is 0 Å². The largest absolute Gasteiger partial charge is 0.477 e. The zero-order chi connectivity index (χ0) is 16.4. The van der Waals surface area contributed by atoms with Gasteiger partial charge in [0.25, 0.3) is 0 Å². The van der Waals surface area contributed by atoms with Crippen LogP contribution in [0, 0.1) is 0 Å². The lowest BCUT2D eigenvalue weighted by molar-refractivity contribution is 0.0702. The van der Waals surface area contributed by atoms with E-state index in [4.69, 9.17) is 5.11 Å². The minimum atomic E-state index is -1.00. The predicted octanol–water partition coefficient (Wildman–Crippen LogP) is 5.11. The lowest BCUT2D eigenvalue weighted by Gasteiger charge is -2.06. The van der Waals surface area contributed by atoms with Gasteiger partial charge in [0.1, 0.15) is 9.88 Å². The van der Waals surface area contributed by atoms with E-state index in [0.717, 1.165) is 21.2 Å². The molecule has 3 aromatic heterocycles. The van der Waals surface area contributed by atoms with Crippen molar-refractivity contribution < 1.29 is 9.90 Å². The van der Waals surface area contributed by atoms with Gasteiger partial charge in [0.15, 0.2) is 0 Å². The summed E-state index contributed by atoms with van der Waals surface area (Å²) in [4.78, 5) is 19.3. The molecule has 118 valence electrons. The van der Waals surface area contributed by atoms with Crippen LogP contribution in [0.5, 0.6) is 0 Å². The third kappa shape index (κ3) is 3.63. The van der Waals surface area contributed by atoms with Gasteiger partial charge in [0.2, 0.25) is 5.13 Å². The standard InChI is InChI=1S/C14H12N4O2S3/c1-18(2)12-6-4-9(22-12)8-3-5-11(21-8)16-17-14-15-7-10(23-14)13(19)20/h3-7H,1-2H3,(H,19,20)/b17-16+.